The molecule has 0 unspecified atom stereocenters. The van der Waals surface area contributed by atoms with Gasteiger partial charge in [-0.25, -0.2) is 4.39 Å². The number of aryl methyl sites for hydroxylation is 1. The van der Waals surface area contributed by atoms with Crippen LogP contribution in [-0.2, 0) is 6.54 Å². The number of halogens is 1. The van der Waals surface area contributed by atoms with Crippen molar-refractivity contribution in [3.63, 3.8) is 0 Å². The molecule has 0 aromatic heterocycles. The molecule has 1 N–H and O–H groups in total. The van der Waals surface area contributed by atoms with E-state index in [4.69, 9.17) is 0 Å². The van der Waals surface area contributed by atoms with Crippen LogP contribution in [0.5, 0.6) is 0 Å². The van der Waals surface area contributed by atoms with E-state index in [0.717, 1.165) is 28.8 Å². The van der Waals surface area contributed by atoms with E-state index in [-0.39, 0.29) is 5.82 Å². The van der Waals surface area contributed by atoms with Crippen molar-refractivity contribution in [2.75, 3.05) is 0 Å². The van der Waals surface area contributed by atoms with Gasteiger partial charge in [0.05, 0.1) is 0 Å². The van der Waals surface area contributed by atoms with Crippen molar-refractivity contribution >= 4 is 0 Å². The van der Waals surface area contributed by atoms with E-state index < -0.39 is 0 Å². The fraction of sp³-hybridized carbons (Fsp3) is 0.238. The van der Waals surface area contributed by atoms with Gasteiger partial charge in [0.25, 0.3) is 0 Å². The zero-order valence-corrected chi connectivity index (χ0v) is 14.4. The molecule has 1 aromatic carbocycles. The number of benzene rings is 1. The molecule has 0 spiro atoms. The second-order valence-corrected chi connectivity index (χ2v) is 5.49. The third-order valence-corrected chi connectivity index (χ3v) is 3.94. The highest BCUT2D eigenvalue weighted by molar-refractivity contribution is 5.39. The molecule has 0 aliphatic heterocycles. The lowest BCUT2D eigenvalue weighted by atomic mass is 9.98. The van der Waals surface area contributed by atoms with Crippen LogP contribution in [0.3, 0.4) is 0 Å². The second-order valence-electron chi connectivity index (χ2n) is 5.49. The Kier molecular flexibility index (Phi) is 7.27. The molecule has 0 amide bonds. The standard InChI is InChI=1S/C21H26FN/c1-7-15(4)18(8-2)13-19(9-3)17(6)23-14-20-12-10-11-16(5)21(20)22/h7-12,23H,1-2,6,13-14H2,3-5H3/b18-15-,19-9+. The molecule has 23 heavy (non-hydrogen) atoms. The summed E-state index contributed by atoms with van der Waals surface area (Å²) in [6.07, 6.45) is 6.40. The maximum absolute atomic E-state index is 14.0. The van der Waals surface area contributed by atoms with E-state index in [9.17, 15) is 4.39 Å². The van der Waals surface area contributed by atoms with Crippen LogP contribution >= 0.6 is 0 Å². The highest BCUT2D eigenvalue weighted by Crippen LogP contribution is 2.21. The van der Waals surface area contributed by atoms with Gasteiger partial charge in [-0.05, 0) is 49.5 Å². The lowest BCUT2D eigenvalue weighted by Gasteiger charge is -2.15. The van der Waals surface area contributed by atoms with E-state index in [2.05, 4.69) is 25.1 Å². The van der Waals surface area contributed by atoms with Crippen molar-refractivity contribution in [2.45, 2.75) is 33.7 Å². The molecule has 0 bridgehead atoms. The van der Waals surface area contributed by atoms with Crippen LogP contribution in [0.15, 0.2) is 78.6 Å². The largest absolute Gasteiger partial charge is 0.381 e. The highest BCUT2D eigenvalue weighted by Gasteiger charge is 2.08. The minimum atomic E-state index is -0.163. The second kappa shape index (κ2) is 8.94. The number of hydrogen-bond acceptors (Lipinski definition) is 1. The molecule has 122 valence electrons. The van der Waals surface area contributed by atoms with E-state index in [1.54, 1.807) is 19.1 Å². The first-order valence-electron chi connectivity index (χ1n) is 7.71. The topological polar surface area (TPSA) is 12.0 Å². The predicted octanol–water partition coefficient (Wildman–Crippen LogP) is 5.76. The molecule has 1 nitrogen and oxygen atoms in total. The number of hydrogen-bond donors (Lipinski definition) is 1. The maximum Gasteiger partial charge on any atom is 0.131 e. The molecular formula is C21H26FN. The zero-order chi connectivity index (χ0) is 17.4. The molecular weight excluding hydrogens is 285 g/mol. The highest BCUT2D eigenvalue weighted by atomic mass is 19.1. The number of nitrogens with one attached hydrogen (secondary N) is 1. The summed E-state index contributed by atoms with van der Waals surface area (Å²) in [5, 5.41) is 3.22. The van der Waals surface area contributed by atoms with Crippen LogP contribution in [0.2, 0.25) is 0 Å². The van der Waals surface area contributed by atoms with Crippen LogP contribution in [0.4, 0.5) is 4.39 Å². The third kappa shape index (κ3) is 5.10. The lowest BCUT2D eigenvalue weighted by molar-refractivity contribution is 0.593. The zero-order valence-electron chi connectivity index (χ0n) is 14.4. The Morgan fingerprint density at radius 3 is 2.52 bits per heavy atom. The van der Waals surface area contributed by atoms with Crippen LogP contribution < -0.4 is 5.32 Å². The number of rotatable bonds is 8. The van der Waals surface area contributed by atoms with Gasteiger partial charge in [-0.1, -0.05) is 56.2 Å². The van der Waals surface area contributed by atoms with Crippen molar-refractivity contribution < 1.29 is 4.39 Å². The van der Waals surface area contributed by atoms with Crippen molar-refractivity contribution in [1.82, 2.24) is 5.32 Å². The summed E-state index contributed by atoms with van der Waals surface area (Å²) in [5.74, 6) is -0.163. The van der Waals surface area contributed by atoms with Gasteiger partial charge in [0, 0.05) is 17.8 Å². The first-order valence-corrected chi connectivity index (χ1v) is 7.71. The van der Waals surface area contributed by atoms with Crippen LogP contribution in [0, 0.1) is 12.7 Å². The van der Waals surface area contributed by atoms with Gasteiger partial charge >= 0.3 is 0 Å². The van der Waals surface area contributed by atoms with E-state index in [1.807, 2.05) is 38.1 Å². The van der Waals surface area contributed by atoms with Gasteiger partial charge in [0.2, 0.25) is 0 Å². The molecule has 0 saturated carbocycles. The molecule has 0 radical (unpaired) electrons. The average molecular weight is 311 g/mol. The molecule has 0 aliphatic carbocycles. The van der Waals surface area contributed by atoms with Crippen LogP contribution in [0.25, 0.3) is 0 Å². The van der Waals surface area contributed by atoms with E-state index in [0.29, 0.717) is 17.7 Å². The summed E-state index contributed by atoms with van der Waals surface area (Å²) in [7, 11) is 0. The summed E-state index contributed by atoms with van der Waals surface area (Å²) in [4.78, 5) is 0. The Labute approximate surface area is 139 Å². The third-order valence-electron chi connectivity index (χ3n) is 3.94. The molecule has 0 heterocycles. The molecule has 2 heteroatoms. The van der Waals surface area contributed by atoms with Crippen molar-refractivity contribution in [3.05, 3.63) is 95.5 Å². The Bertz CT molecular complexity index is 662. The minimum Gasteiger partial charge on any atom is -0.381 e. The fourth-order valence-electron chi connectivity index (χ4n) is 2.25. The van der Waals surface area contributed by atoms with E-state index >= 15 is 0 Å². The van der Waals surface area contributed by atoms with Gasteiger partial charge < -0.3 is 5.32 Å². The van der Waals surface area contributed by atoms with Crippen molar-refractivity contribution in [2.24, 2.45) is 0 Å². The molecule has 1 rings (SSSR count). The molecule has 0 saturated heterocycles. The maximum atomic E-state index is 14.0. The van der Waals surface area contributed by atoms with Gasteiger partial charge in [0.15, 0.2) is 0 Å². The summed E-state index contributed by atoms with van der Waals surface area (Å²) in [5.41, 5.74) is 5.36. The van der Waals surface area contributed by atoms with Crippen molar-refractivity contribution in [1.29, 1.82) is 0 Å². The molecule has 0 atom stereocenters. The van der Waals surface area contributed by atoms with Gasteiger partial charge in [-0.2, -0.15) is 0 Å². The van der Waals surface area contributed by atoms with E-state index in [1.165, 1.54) is 0 Å². The van der Waals surface area contributed by atoms with Crippen LogP contribution in [0.1, 0.15) is 31.4 Å². The summed E-state index contributed by atoms with van der Waals surface area (Å²) in [6.45, 7) is 17.9. The SMILES string of the molecule is C=C/C(C)=C(/C=C)C/C(=C\C)C(=C)NCc1cccc(C)c1F. The Morgan fingerprint density at radius 1 is 1.26 bits per heavy atom. The molecule has 0 fully saturated rings. The average Bonchev–Trinajstić information content (AvgIpc) is 2.56. The fourth-order valence-corrected chi connectivity index (χ4v) is 2.25. The summed E-state index contributed by atoms with van der Waals surface area (Å²) >= 11 is 0. The number of allylic oxidation sites excluding steroid dienone is 6. The minimum absolute atomic E-state index is 0.163. The first kappa shape index (κ1) is 18.7. The summed E-state index contributed by atoms with van der Waals surface area (Å²) < 4.78 is 14.0. The molecule has 0 aliphatic rings. The normalized spacial score (nSPS) is 12.4. The molecule has 1 aromatic rings. The van der Waals surface area contributed by atoms with Gasteiger partial charge in [0.1, 0.15) is 5.82 Å². The Morgan fingerprint density at radius 2 is 1.96 bits per heavy atom. The van der Waals surface area contributed by atoms with Gasteiger partial charge in [-0.3, -0.25) is 0 Å². The van der Waals surface area contributed by atoms with Gasteiger partial charge in [-0.15, -0.1) is 0 Å². The summed E-state index contributed by atoms with van der Waals surface area (Å²) in [6, 6.07) is 5.42. The monoisotopic (exact) mass is 311 g/mol. The Hall–Kier alpha value is -2.35. The smallest absolute Gasteiger partial charge is 0.131 e. The van der Waals surface area contributed by atoms with Crippen LogP contribution in [-0.4, -0.2) is 0 Å². The quantitative estimate of drug-likeness (QED) is 0.602. The predicted molar refractivity (Wildman–Crippen MR) is 98.6 cm³/mol. The first-order chi connectivity index (χ1) is 10.9. The van der Waals surface area contributed by atoms with Crippen molar-refractivity contribution in [3.8, 4) is 0 Å². The Balaban J connectivity index is 2.81. The lowest BCUT2D eigenvalue weighted by Crippen LogP contribution is -2.15.